The third-order valence-electron chi connectivity index (χ3n) is 6.81. The lowest BCUT2D eigenvalue weighted by Gasteiger charge is -2.17. The second-order valence-corrected chi connectivity index (χ2v) is 10.3. The maximum Gasteiger partial charge on any atom is 0.335 e. The van der Waals surface area contributed by atoms with Gasteiger partial charge in [-0.15, -0.1) is 0 Å². The van der Waals surface area contributed by atoms with E-state index < -0.39 is 29.0 Å². The quantitative estimate of drug-likeness (QED) is 0.181. The highest BCUT2D eigenvalue weighted by Crippen LogP contribution is 2.38. The molecule has 12 heteroatoms. The predicted octanol–water partition coefficient (Wildman–Crippen LogP) is 4.31. The number of hydrogen-bond acceptors (Lipinski definition) is 5. The lowest BCUT2D eigenvalue weighted by molar-refractivity contribution is 0.0686. The van der Waals surface area contributed by atoms with Gasteiger partial charge in [0.05, 0.1) is 39.5 Å². The van der Waals surface area contributed by atoms with Crippen LogP contribution in [0.3, 0.4) is 0 Å². The van der Waals surface area contributed by atoms with Crippen LogP contribution in [0.25, 0.3) is 11.4 Å². The van der Waals surface area contributed by atoms with Crippen LogP contribution < -0.4 is 11.1 Å². The number of benzene rings is 3. The minimum absolute atomic E-state index is 0.0163. The van der Waals surface area contributed by atoms with Crippen LogP contribution in [0.4, 0.5) is 0 Å². The molecule has 0 atom stereocenters. The summed E-state index contributed by atoms with van der Waals surface area (Å²) < 4.78 is 2.98. The van der Waals surface area contributed by atoms with E-state index in [1.165, 1.54) is 51.8 Å². The van der Waals surface area contributed by atoms with Crippen molar-refractivity contribution in [1.29, 1.82) is 0 Å². The third-order valence-corrected chi connectivity index (χ3v) is 7.31. The summed E-state index contributed by atoms with van der Waals surface area (Å²) in [6.07, 6.45) is 0. The summed E-state index contributed by atoms with van der Waals surface area (Å²) in [4.78, 5) is 51.0. The zero-order valence-corrected chi connectivity index (χ0v) is 23.3. The van der Waals surface area contributed by atoms with Crippen molar-refractivity contribution in [2.24, 2.45) is 0 Å². The van der Waals surface area contributed by atoms with Gasteiger partial charge in [-0.2, -0.15) is 0 Å². The van der Waals surface area contributed by atoms with Crippen molar-refractivity contribution in [1.82, 2.24) is 19.6 Å². The molecule has 3 aromatic carbocycles. The number of hydrogen-bond donors (Lipinski definition) is 5. The van der Waals surface area contributed by atoms with Gasteiger partial charge in [0, 0.05) is 21.4 Å². The van der Waals surface area contributed by atoms with Gasteiger partial charge in [0.25, 0.3) is 11.1 Å². The monoisotopic (exact) mass is 618 g/mol. The zero-order chi connectivity index (χ0) is 29.6. The molecule has 208 valence electrons. The molecule has 0 saturated carbocycles. The normalized spacial score (nSPS) is 11.2. The first kappa shape index (κ1) is 27.5. The molecule has 2 heterocycles. The van der Waals surface area contributed by atoms with Crippen molar-refractivity contribution in [2.45, 2.75) is 19.8 Å². The van der Waals surface area contributed by atoms with Gasteiger partial charge in [-0.05, 0) is 68.4 Å². The number of aromatic hydroxyl groups is 1. The molecular formula is C29H23BrN4O7. The van der Waals surface area contributed by atoms with Gasteiger partial charge in [-0.25, -0.2) is 19.0 Å². The molecule has 5 rings (SSSR count). The number of H-pyrrole nitrogens is 2. The number of carboxylic acid groups (broad SMARTS) is 2. The molecule has 0 aliphatic carbocycles. The molecule has 0 fully saturated rings. The second kappa shape index (κ2) is 10.5. The average molecular weight is 619 g/mol. The number of aryl methyl sites for hydroxylation is 2. The van der Waals surface area contributed by atoms with Gasteiger partial charge in [-0.1, -0.05) is 28.1 Å². The first-order valence-corrected chi connectivity index (χ1v) is 13.1. The Morgan fingerprint density at radius 1 is 0.756 bits per heavy atom. The first-order valence-electron chi connectivity index (χ1n) is 12.3. The van der Waals surface area contributed by atoms with Gasteiger partial charge < -0.3 is 15.3 Å². The number of phenols is 1. The fourth-order valence-corrected chi connectivity index (χ4v) is 5.31. The number of carbonyl (C=O) groups is 2. The minimum atomic E-state index is -1.16. The zero-order valence-electron chi connectivity index (χ0n) is 21.7. The van der Waals surface area contributed by atoms with Crippen LogP contribution in [0.5, 0.6) is 5.75 Å². The van der Waals surface area contributed by atoms with Crippen LogP contribution in [0.15, 0.2) is 80.8 Å². The number of nitrogens with one attached hydrogen (secondary N) is 2. The molecule has 0 radical (unpaired) electrons. The lowest BCUT2D eigenvalue weighted by atomic mass is 9.85. The molecule has 0 aliphatic heterocycles. The van der Waals surface area contributed by atoms with E-state index in [0.717, 1.165) is 0 Å². The van der Waals surface area contributed by atoms with Gasteiger partial charge in [-0.3, -0.25) is 19.8 Å². The summed E-state index contributed by atoms with van der Waals surface area (Å²) >= 11 is 3.41. The Hall–Kier alpha value is -5.10. The van der Waals surface area contributed by atoms with Crippen LogP contribution >= 0.6 is 15.9 Å². The number of halogens is 1. The van der Waals surface area contributed by atoms with E-state index in [4.69, 9.17) is 0 Å². The number of aromatic amines is 2. The third kappa shape index (κ3) is 4.89. The van der Waals surface area contributed by atoms with E-state index in [2.05, 4.69) is 26.1 Å². The van der Waals surface area contributed by atoms with Crippen molar-refractivity contribution in [3.8, 4) is 17.1 Å². The maximum absolute atomic E-state index is 14.0. The van der Waals surface area contributed by atoms with Crippen LogP contribution in [0.2, 0.25) is 0 Å². The van der Waals surface area contributed by atoms with E-state index in [-0.39, 0.29) is 44.9 Å². The number of rotatable bonds is 7. The Labute approximate surface area is 240 Å². The smallest absolute Gasteiger partial charge is 0.335 e. The Kier molecular flexibility index (Phi) is 7.01. The molecule has 0 spiro atoms. The maximum atomic E-state index is 14.0. The summed E-state index contributed by atoms with van der Waals surface area (Å²) in [6, 6.07) is 16.3. The molecule has 5 N–H and O–H groups in total. The standard InChI is InChI=1S/C29H23BrN4O7/c1-14-23(26(36)33(31-14)19-7-3-5-16(11-19)28(38)39)25(21-13-18(30)9-10-22(21)35)24-15(2)32-34(27(24)37)20-8-4-6-17(12-20)29(40)41/h3-13,25,31-32,35H,1-2H3,(H,38,39)(H,40,41). The molecule has 0 bridgehead atoms. The fraction of sp³-hybridized carbons (Fsp3) is 0.103. The number of carboxylic acids is 2. The second-order valence-electron chi connectivity index (χ2n) is 9.43. The first-order chi connectivity index (χ1) is 19.5. The van der Waals surface area contributed by atoms with E-state index in [0.29, 0.717) is 15.9 Å². The van der Waals surface area contributed by atoms with Crippen molar-refractivity contribution >= 4 is 27.9 Å². The van der Waals surface area contributed by atoms with Crippen LogP contribution in [-0.4, -0.2) is 46.8 Å². The highest BCUT2D eigenvalue weighted by atomic mass is 79.9. The SMILES string of the molecule is Cc1[nH]n(-c2cccc(C(=O)O)c2)c(=O)c1C(c1cc(Br)ccc1O)c1c(C)[nH]n(-c2cccc(C(=O)O)c2)c1=O. The molecule has 41 heavy (non-hydrogen) atoms. The van der Waals surface area contributed by atoms with Crippen molar-refractivity contribution in [2.75, 3.05) is 0 Å². The van der Waals surface area contributed by atoms with Gasteiger partial charge in [0.1, 0.15) is 5.75 Å². The molecule has 0 amide bonds. The molecule has 0 aliphatic rings. The largest absolute Gasteiger partial charge is 0.508 e. The topological polar surface area (TPSA) is 170 Å². The predicted molar refractivity (Wildman–Crippen MR) is 153 cm³/mol. The van der Waals surface area contributed by atoms with E-state index in [9.17, 15) is 34.5 Å². The number of phenolic OH excluding ortho intramolecular Hbond substituents is 1. The van der Waals surface area contributed by atoms with Gasteiger partial charge in [0.2, 0.25) is 0 Å². The number of aromatic carboxylic acids is 2. The van der Waals surface area contributed by atoms with Gasteiger partial charge in [0.15, 0.2) is 0 Å². The summed E-state index contributed by atoms with van der Waals surface area (Å²) in [5, 5.41) is 35.8. The average Bonchev–Trinajstić information content (AvgIpc) is 3.41. The van der Waals surface area contributed by atoms with Crippen molar-refractivity contribution in [3.05, 3.63) is 131 Å². The van der Waals surface area contributed by atoms with Crippen molar-refractivity contribution < 1.29 is 24.9 Å². The highest BCUT2D eigenvalue weighted by molar-refractivity contribution is 9.10. The van der Waals surface area contributed by atoms with E-state index in [1.54, 1.807) is 38.1 Å². The minimum Gasteiger partial charge on any atom is -0.508 e. The molecule has 2 aromatic heterocycles. The van der Waals surface area contributed by atoms with Crippen LogP contribution in [0.1, 0.15) is 54.7 Å². The lowest BCUT2D eigenvalue weighted by Crippen LogP contribution is -2.25. The van der Waals surface area contributed by atoms with Gasteiger partial charge >= 0.3 is 11.9 Å². The van der Waals surface area contributed by atoms with Crippen LogP contribution in [-0.2, 0) is 0 Å². The summed E-state index contributed by atoms with van der Waals surface area (Å²) in [7, 11) is 0. The summed E-state index contributed by atoms with van der Waals surface area (Å²) in [5.74, 6) is -3.53. The molecule has 0 unspecified atom stereocenters. The number of aromatic nitrogens is 4. The number of nitrogens with zero attached hydrogens (tertiary/aromatic N) is 2. The Morgan fingerprint density at radius 2 is 1.22 bits per heavy atom. The molecule has 0 saturated heterocycles. The Balaban J connectivity index is 1.78. The Morgan fingerprint density at radius 3 is 1.66 bits per heavy atom. The summed E-state index contributed by atoms with van der Waals surface area (Å²) in [6.45, 7) is 3.29. The van der Waals surface area contributed by atoms with Crippen molar-refractivity contribution in [3.63, 3.8) is 0 Å². The fourth-order valence-electron chi connectivity index (χ4n) is 4.93. The van der Waals surface area contributed by atoms with E-state index in [1.807, 2.05) is 0 Å². The highest BCUT2D eigenvalue weighted by Gasteiger charge is 2.33. The van der Waals surface area contributed by atoms with Crippen LogP contribution in [0, 0.1) is 13.8 Å². The Bertz CT molecular complexity index is 1850. The molecular weight excluding hydrogens is 596 g/mol. The molecule has 11 nitrogen and oxygen atoms in total. The summed E-state index contributed by atoms with van der Waals surface area (Å²) in [5.41, 5.74) is 0.784. The van der Waals surface area contributed by atoms with E-state index >= 15 is 0 Å². The molecule has 5 aromatic rings.